The maximum absolute atomic E-state index is 2.88. The van der Waals surface area contributed by atoms with E-state index in [0.29, 0.717) is 21.7 Å². The highest BCUT2D eigenvalue weighted by Crippen LogP contribution is 2.78. The van der Waals surface area contributed by atoms with E-state index < -0.39 is 0 Å². The maximum Gasteiger partial charge on any atom is 0.00325 e. The predicted octanol–water partition coefficient (Wildman–Crippen LogP) is 6.93. The molecule has 0 amide bonds. The molecule has 5 rings (SSSR count). The first-order chi connectivity index (χ1) is 13.2. The first kappa shape index (κ1) is 19.7. The number of likely N-dealkylation sites (tertiary alicyclic amines) is 1. The average molecular weight is 384 g/mol. The zero-order valence-corrected chi connectivity index (χ0v) is 19.4. The minimum absolute atomic E-state index is 0.471. The van der Waals surface area contributed by atoms with Crippen molar-refractivity contribution in [2.75, 3.05) is 20.1 Å². The van der Waals surface area contributed by atoms with E-state index in [1.54, 1.807) is 0 Å². The van der Waals surface area contributed by atoms with Crippen LogP contribution >= 0.6 is 0 Å². The van der Waals surface area contributed by atoms with E-state index in [4.69, 9.17) is 0 Å². The first-order valence-electron chi connectivity index (χ1n) is 12.6. The molecule has 158 valence electrons. The second-order valence-electron chi connectivity index (χ2n) is 13.1. The van der Waals surface area contributed by atoms with E-state index in [1.165, 1.54) is 77.3 Å². The van der Waals surface area contributed by atoms with Gasteiger partial charge in [0.15, 0.2) is 0 Å². The van der Waals surface area contributed by atoms with Gasteiger partial charge in [-0.15, -0.1) is 0 Å². The van der Waals surface area contributed by atoms with Gasteiger partial charge in [0, 0.05) is 6.54 Å². The van der Waals surface area contributed by atoms with Crippen LogP contribution in [0.5, 0.6) is 0 Å². The predicted molar refractivity (Wildman–Crippen MR) is 119 cm³/mol. The minimum Gasteiger partial charge on any atom is -0.306 e. The highest BCUT2D eigenvalue weighted by Gasteiger charge is 2.72. The summed E-state index contributed by atoms with van der Waals surface area (Å²) in [5.74, 6) is 3.63. The summed E-state index contributed by atoms with van der Waals surface area (Å²) >= 11 is 0. The number of nitrogens with zero attached hydrogens (tertiary/aromatic N) is 1. The van der Waals surface area contributed by atoms with Gasteiger partial charge in [0.05, 0.1) is 0 Å². The van der Waals surface area contributed by atoms with Crippen molar-refractivity contribution >= 4 is 0 Å². The standard InChI is InChI=1S/C27H45N/c1-20-12-13-27(26-14-15-28(5)19-24(2,3)23(26)17-26)18-25(4,16-20)21-8-6-7-9-22(27)11-10-21/h12-13,20-23H,6-11,14-19H2,1-5H3. The molecule has 1 saturated heterocycles. The molecule has 5 aliphatic rings. The van der Waals surface area contributed by atoms with Gasteiger partial charge in [-0.3, -0.25) is 0 Å². The molecule has 4 bridgehead atoms. The number of rotatable bonds is 1. The summed E-state index contributed by atoms with van der Waals surface area (Å²) in [6, 6.07) is 0. The minimum atomic E-state index is 0.471. The molecule has 1 nitrogen and oxygen atoms in total. The van der Waals surface area contributed by atoms with Crippen molar-refractivity contribution in [1.82, 2.24) is 4.90 Å². The van der Waals surface area contributed by atoms with Crippen LogP contribution in [0.25, 0.3) is 0 Å². The van der Waals surface area contributed by atoms with Gasteiger partial charge in [-0.05, 0) is 110 Å². The Labute approximate surface area is 174 Å². The van der Waals surface area contributed by atoms with Crippen molar-refractivity contribution in [3.63, 3.8) is 0 Å². The van der Waals surface area contributed by atoms with Crippen LogP contribution in [0.4, 0.5) is 0 Å². The molecule has 28 heavy (non-hydrogen) atoms. The van der Waals surface area contributed by atoms with Crippen LogP contribution in [0.3, 0.4) is 0 Å². The van der Waals surface area contributed by atoms with E-state index in [2.05, 4.69) is 51.8 Å². The van der Waals surface area contributed by atoms with Crippen LogP contribution in [0.15, 0.2) is 12.2 Å². The molecule has 7 atom stereocenters. The summed E-state index contributed by atoms with van der Waals surface area (Å²) in [5, 5.41) is 0. The lowest BCUT2D eigenvalue weighted by Gasteiger charge is -2.49. The third-order valence-electron chi connectivity index (χ3n) is 10.7. The number of allylic oxidation sites excluding steroid dienone is 2. The second-order valence-corrected chi connectivity index (χ2v) is 13.1. The Balaban J connectivity index is 1.65. The molecule has 4 fully saturated rings. The van der Waals surface area contributed by atoms with Gasteiger partial charge in [0.2, 0.25) is 0 Å². The first-order valence-corrected chi connectivity index (χ1v) is 12.6. The third kappa shape index (κ3) is 2.74. The normalized spacial score (nSPS) is 53.3. The lowest BCUT2D eigenvalue weighted by atomic mass is 9.54. The smallest absolute Gasteiger partial charge is 0.00325 e. The Morgan fingerprint density at radius 1 is 0.929 bits per heavy atom. The molecule has 1 aliphatic heterocycles. The lowest BCUT2D eigenvalue weighted by molar-refractivity contribution is 0.0194. The van der Waals surface area contributed by atoms with Gasteiger partial charge in [-0.1, -0.05) is 52.7 Å². The molecule has 0 aromatic carbocycles. The maximum atomic E-state index is 2.88. The van der Waals surface area contributed by atoms with Crippen LogP contribution in [-0.2, 0) is 0 Å². The van der Waals surface area contributed by atoms with Crippen LogP contribution < -0.4 is 0 Å². The van der Waals surface area contributed by atoms with Gasteiger partial charge in [-0.25, -0.2) is 0 Å². The molecule has 1 heterocycles. The Bertz CT molecular complexity index is 649. The summed E-state index contributed by atoms with van der Waals surface area (Å²) in [7, 11) is 2.38. The zero-order chi connectivity index (χ0) is 19.8. The number of hydrogen-bond donors (Lipinski definition) is 0. The molecule has 0 radical (unpaired) electrons. The second kappa shape index (κ2) is 6.35. The van der Waals surface area contributed by atoms with Crippen LogP contribution in [0.1, 0.15) is 91.9 Å². The largest absolute Gasteiger partial charge is 0.306 e. The van der Waals surface area contributed by atoms with E-state index in [0.717, 1.165) is 23.7 Å². The van der Waals surface area contributed by atoms with E-state index >= 15 is 0 Å². The van der Waals surface area contributed by atoms with Crippen LogP contribution in [-0.4, -0.2) is 25.0 Å². The summed E-state index contributed by atoms with van der Waals surface area (Å²) in [5.41, 5.74) is 2.11. The lowest BCUT2D eigenvalue weighted by Crippen LogP contribution is -2.43. The van der Waals surface area contributed by atoms with Crippen LogP contribution in [0, 0.1) is 45.3 Å². The Kier molecular flexibility index (Phi) is 4.46. The summed E-state index contributed by atoms with van der Waals surface area (Å²) in [6.07, 6.45) is 20.5. The Hall–Kier alpha value is -0.300. The molecule has 0 N–H and O–H groups in total. The molecule has 7 unspecified atom stereocenters. The molecule has 3 saturated carbocycles. The fourth-order valence-electron chi connectivity index (χ4n) is 9.59. The Morgan fingerprint density at radius 3 is 2.43 bits per heavy atom. The van der Waals surface area contributed by atoms with Gasteiger partial charge >= 0.3 is 0 Å². The van der Waals surface area contributed by atoms with E-state index in [9.17, 15) is 0 Å². The molecule has 1 heteroatoms. The zero-order valence-electron chi connectivity index (χ0n) is 19.4. The number of hydrogen-bond acceptors (Lipinski definition) is 1. The van der Waals surface area contributed by atoms with E-state index in [-0.39, 0.29) is 0 Å². The summed E-state index contributed by atoms with van der Waals surface area (Å²) < 4.78 is 0. The van der Waals surface area contributed by atoms with Crippen molar-refractivity contribution < 1.29 is 0 Å². The van der Waals surface area contributed by atoms with E-state index in [1.807, 2.05) is 0 Å². The summed E-state index contributed by atoms with van der Waals surface area (Å²) in [4.78, 5) is 2.65. The Morgan fingerprint density at radius 2 is 1.64 bits per heavy atom. The quantitative estimate of drug-likeness (QED) is 0.444. The average Bonchev–Trinajstić information content (AvgIpc) is 3.35. The molecule has 0 spiro atoms. The van der Waals surface area contributed by atoms with Crippen molar-refractivity contribution in [1.29, 1.82) is 0 Å². The molecular weight excluding hydrogens is 338 g/mol. The monoisotopic (exact) mass is 383 g/mol. The third-order valence-corrected chi connectivity index (χ3v) is 10.7. The highest BCUT2D eigenvalue weighted by molar-refractivity contribution is 5.27. The van der Waals surface area contributed by atoms with Crippen molar-refractivity contribution in [2.45, 2.75) is 91.9 Å². The SMILES string of the molecule is CC1C=CC2(C34CCN(C)CC(C)(C)C3C4)CC(C)(C1)C1CCCCC2CC1. The van der Waals surface area contributed by atoms with Crippen molar-refractivity contribution in [3.8, 4) is 0 Å². The molecule has 0 aromatic heterocycles. The topological polar surface area (TPSA) is 3.24 Å². The van der Waals surface area contributed by atoms with Gasteiger partial charge in [0.1, 0.15) is 0 Å². The van der Waals surface area contributed by atoms with Crippen molar-refractivity contribution in [2.24, 2.45) is 45.3 Å². The van der Waals surface area contributed by atoms with Crippen molar-refractivity contribution in [3.05, 3.63) is 12.2 Å². The molecular formula is C27H45N. The fraction of sp³-hybridized carbons (Fsp3) is 0.926. The molecule has 0 aromatic rings. The van der Waals surface area contributed by atoms with Gasteiger partial charge in [-0.2, -0.15) is 0 Å². The fourth-order valence-corrected chi connectivity index (χ4v) is 9.59. The van der Waals surface area contributed by atoms with Gasteiger partial charge in [0.25, 0.3) is 0 Å². The van der Waals surface area contributed by atoms with Crippen LogP contribution in [0.2, 0.25) is 0 Å². The highest BCUT2D eigenvalue weighted by atomic mass is 15.1. The number of fused-ring (bicyclic) bond motifs is 9. The summed E-state index contributed by atoms with van der Waals surface area (Å²) in [6.45, 7) is 13.0. The molecule has 4 aliphatic carbocycles. The van der Waals surface area contributed by atoms with Gasteiger partial charge < -0.3 is 4.90 Å².